The largest absolute Gasteiger partial charge is 0.445 e. The number of nitrogens with zero attached hydrogens (tertiary/aromatic N) is 1. The van der Waals surface area contributed by atoms with Crippen LogP contribution in [0.15, 0.2) is 72.8 Å². The van der Waals surface area contributed by atoms with Crippen LogP contribution in [0, 0.1) is 5.92 Å². The molecular weight excluding hydrogens is 678 g/mol. The highest BCUT2D eigenvalue weighted by Crippen LogP contribution is 2.33. The van der Waals surface area contributed by atoms with E-state index in [9.17, 15) is 28.8 Å². The quantitative estimate of drug-likeness (QED) is 0.126. The lowest BCUT2D eigenvalue weighted by atomic mass is 9.96. The van der Waals surface area contributed by atoms with Crippen LogP contribution in [0.5, 0.6) is 0 Å². The smallest absolute Gasteiger partial charge is 0.404 e. The molecule has 0 aliphatic carbocycles. The summed E-state index contributed by atoms with van der Waals surface area (Å²) in [6.07, 6.45) is 1.40. The number of amides is 7. The van der Waals surface area contributed by atoms with Crippen LogP contribution in [0.1, 0.15) is 68.7 Å². The Kier molecular flexibility index (Phi) is 14.1. The molecule has 8 N–H and O–H groups in total. The summed E-state index contributed by atoms with van der Waals surface area (Å²) < 4.78 is 4.78. The van der Waals surface area contributed by atoms with Crippen LogP contribution in [0.3, 0.4) is 0 Å². The number of nitrogens with two attached hydrogens (primary N) is 2. The van der Waals surface area contributed by atoms with E-state index in [1.807, 2.05) is 55.5 Å². The van der Waals surface area contributed by atoms with Crippen molar-refractivity contribution in [2.75, 3.05) is 16.8 Å². The lowest BCUT2D eigenvalue weighted by Gasteiger charge is -2.28. The lowest BCUT2D eigenvalue weighted by Crippen LogP contribution is -2.54. The highest BCUT2D eigenvalue weighted by molar-refractivity contribution is 6.01. The van der Waals surface area contributed by atoms with E-state index in [1.165, 1.54) is 0 Å². The van der Waals surface area contributed by atoms with Crippen molar-refractivity contribution in [3.05, 3.63) is 95.1 Å². The number of anilines is 2. The number of fused-ring (bicyclic) bond motifs is 2. The second-order valence-corrected chi connectivity index (χ2v) is 13.1. The van der Waals surface area contributed by atoms with E-state index < -0.39 is 41.9 Å². The molecule has 4 rings (SSSR count). The number of carbonyl (C=O) groups is 6. The van der Waals surface area contributed by atoms with Gasteiger partial charge in [0.05, 0.1) is 12.2 Å². The molecule has 0 saturated carbocycles. The molecule has 3 aromatic carbocycles. The van der Waals surface area contributed by atoms with Gasteiger partial charge in [-0.05, 0) is 66.1 Å². The number of rotatable bonds is 15. The van der Waals surface area contributed by atoms with Crippen molar-refractivity contribution in [1.82, 2.24) is 16.0 Å². The fraction of sp³-hybridized carbons (Fsp3) is 0.333. The molecule has 14 heteroatoms. The molecule has 14 nitrogen and oxygen atoms in total. The number of nitrogens with one attached hydrogen (secondary N) is 4. The van der Waals surface area contributed by atoms with Gasteiger partial charge in [0.1, 0.15) is 18.7 Å². The highest BCUT2D eigenvalue weighted by atomic mass is 16.5. The van der Waals surface area contributed by atoms with Crippen LogP contribution in [-0.2, 0) is 37.1 Å². The molecule has 2 atom stereocenters. The number of allylic oxidation sites excluding steroid dienone is 1. The normalized spacial score (nSPS) is 14.1. The molecule has 0 bridgehead atoms. The van der Waals surface area contributed by atoms with Crippen LogP contribution in [-0.4, -0.2) is 54.4 Å². The van der Waals surface area contributed by atoms with Crippen LogP contribution in [0.4, 0.5) is 21.0 Å². The summed E-state index contributed by atoms with van der Waals surface area (Å²) in [5.74, 6) is -2.21. The fourth-order valence-corrected chi connectivity index (χ4v) is 5.90. The van der Waals surface area contributed by atoms with Gasteiger partial charge in [-0.15, -0.1) is 0 Å². The van der Waals surface area contributed by atoms with E-state index in [1.54, 1.807) is 43.0 Å². The Balaban J connectivity index is 1.41. The fourth-order valence-electron chi connectivity index (χ4n) is 5.90. The van der Waals surface area contributed by atoms with Gasteiger partial charge in [0.2, 0.25) is 23.6 Å². The molecule has 53 heavy (non-hydrogen) atoms. The molecule has 1 heterocycles. The van der Waals surface area contributed by atoms with Crippen molar-refractivity contribution in [3.8, 4) is 0 Å². The van der Waals surface area contributed by atoms with Crippen molar-refractivity contribution in [2.45, 2.75) is 71.7 Å². The maximum Gasteiger partial charge on any atom is 0.404 e. The summed E-state index contributed by atoms with van der Waals surface area (Å²) in [6, 6.07) is 19.2. The van der Waals surface area contributed by atoms with Crippen LogP contribution < -0.4 is 37.6 Å². The zero-order valence-electron chi connectivity index (χ0n) is 30.1. The summed E-state index contributed by atoms with van der Waals surface area (Å²) in [5.41, 5.74) is 15.9. The van der Waals surface area contributed by atoms with Gasteiger partial charge in [0, 0.05) is 30.6 Å². The van der Waals surface area contributed by atoms with Gasteiger partial charge < -0.3 is 42.4 Å². The summed E-state index contributed by atoms with van der Waals surface area (Å²) in [7, 11) is 0. The van der Waals surface area contributed by atoms with E-state index >= 15 is 0 Å². The summed E-state index contributed by atoms with van der Waals surface area (Å²) in [4.78, 5) is 77.8. The van der Waals surface area contributed by atoms with Gasteiger partial charge in [0.25, 0.3) is 0 Å². The van der Waals surface area contributed by atoms with E-state index in [4.69, 9.17) is 16.2 Å². The van der Waals surface area contributed by atoms with Gasteiger partial charge in [-0.1, -0.05) is 74.5 Å². The first-order valence-corrected chi connectivity index (χ1v) is 17.4. The Morgan fingerprint density at radius 3 is 2.25 bits per heavy atom. The van der Waals surface area contributed by atoms with Crippen LogP contribution in [0.25, 0.3) is 11.6 Å². The zero-order valence-corrected chi connectivity index (χ0v) is 30.1. The van der Waals surface area contributed by atoms with Crippen LogP contribution >= 0.6 is 0 Å². The second-order valence-electron chi connectivity index (χ2n) is 13.1. The Bertz CT molecular complexity index is 1840. The minimum absolute atomic E-state index is 0.0381. The lowest BCUT2D eigenvalue weighted by molar-refractivity contribution is -0.132. The third kappa shape index (κ3) is 11.7. The molecular formula is C39H47N7O7. The molecule has 0 radical (unpaired) electrons. The predicted octanol–water partition coefficient (Wildman–Crippen LogP) is 4.18. The average molecular weight is 726 g/mol. The number of hydrogen-bond donors (Lipinski definition) is 6. The third-order valence-electron chi connectivity index (χ3n) is 8.71. The average Bonchev–Trinajstić information content (AvgIpc) is 3.12. The zero-order chi connectivity index (χ0) is 38.5. The number of carbonyl (C=O) groups excluding carboxylic acids is 6. The number of urea groups is 1. The third-order valence-corrected chi connectivity index (χ3v) is 8.71. The van der Waals surface area contributed by atoms with Crippen molar-refractivity contribution in [3.63, 3.8) is 0 Å². The van der Waals surface area contributed by atoms with Crippen molar-refractivity contribution < 1.29 is 33.5 Å². The number of ether oxygens (including phenoxy) is 1. The molecule has 0 aromatic heterocycles. The molecule has 0 saturated heterocycles. The molecule has 7 amide bonds. The van der Waals surface area contributed by atoms with E-state index in [0.29, 0.717) is 24.2 Å². The Morgan fingerprint density at radius 1 is 0.849 bits per heavy atom. The van der Waals surface area contributed by atoms with Gasteiger partial charge in [-0.25, -0.2) is 9.59 Å². The first kappa shape index (κ1) is 39.6. The molecule has 1 aliphatic heterocycles. The monoisotopic (exact) mass is 725 g/mol. The van der Waals surface area contributed by atoms with E-state index in [0.717, 1.165) is 28.0 Å². The summed E-state index contributed by atoms with van der Waals surface area (Å²) in [6.45, 7) is 5.99. The first-order chi connectivity index (χ1) is 25.3. The molecule has 0 fully saturated rings. The minimum Gasteiger partial charge on any atom is -0.445 e. The SMILES string of the molecule is C/C1=C/c2ccccc2CN(C(=O)CCC(=O)N[C@H](C(=O)N[C@@H](CCCNC(N)=O)C(=O)Nc2ccc(COC(N)=O)cc2)C(C)C)c2ccccc21. The van der Waals surface area contributed by atoms with Crippen molar-refractivity contribution in [1.29, 1.82) is 0 Å². The minimum atomic E-state index is -1.04. The predicted molar refractivity (Wildman–Crippen MR) is 202 cm³/mol. The maximum absolute atomic E-state index is 13.8. The second kappa shape index (κ2) is 18.9. The number of hydrogen-bond acceptors (Lipinski definition) is 7. The first-order valence-electron chi connectivity index (χ1n) is 17.4. The maximum atomic E-state index is 13.8. The number of primary amides is 2. The van der Waals surface area contributed by atoms with Gasteiger partial charge >= 0.3 is 12.1 Å². The van der Waals surface area contributed by atoms with E-state index in [-0.39, 0.29) is 44.2 Å². The summed E-state index contributed by atoms with van der Waals surface area (Å²) in [5, 5.41) is 10.7. The number of benzene rings is 3. The van der Waals surface area contributed by atoms with Crippen molar-refractivity contribution >= 4 is 58.8 Å². The highest BCUT2D eigenvalue weighted by Gasteiger charge is 2.30. The Hall–Kier alpha value is -6.18. The topological polar surface area (TPSA) is 215 Å². The Labute approximate surface area is 308 Å². The standard InChI is InChI=1S/C39H47N7O7/c1-24(2)35(37(50)44-31(12-8-20-42-38(40)51)36(49)43-29-16-14-26(15-17-29)23-53-39(41)52)45-33(47)18-19-34(48)46-22-28-10-5-4-9-27(28)21-25(3)30-11-6-7-13-32(30)46/h4-7,9-11,13-17,21,24,31,35H,8,12,18-20,22-23H2,1-3H3,(H2,41,52)(H,43,49)(H,44,50)(H,45,47)(H3,40,42,51)/b25-21-/t31-,35-/m0/s1. The molecule has 0 spiro atoms. The van der Waals surface area contributed by atoms with Gasteiger partial charge in [-0.3, -0.25) is 19.2 Å². The van der Waals surface area contributed by atoms with Crippen LogP contribution in [0.2, 0.25) is 0 Å². The molecule has 1 aliphatic rings. The molecule has 280 valence electrons. The van der Waals surface area contributed by atoms with Gasteiger partial charge in [-0.2, -0.15) is 0 Å². The Morgan fingerprint density at radius 2 is 1.55 bits per heavy atom. The van der Waals surface area contributed by atoms with Gasteiger partial charge in [0.15, 0.2) is 0 Å². The molecule has 0 unspecified atom stereocenters. The number of para-hydroxylation sites is 1. The van der Waals surface area contributed by atoms with Crippen molar-refractivity contribution in [2.24, 2.45) is 17.4 Å². The molecule has 3 aromatic rings. The van der Waals surface area contributed by atoms with E-state index in [2.05, 4.69) is 27.3 Å². The summed E-state index contributed by atoms with van der Waals surface area (Å²) >= 11 is 0.